The number of carboxylic acids is 1. The second kappa shape index (κ2) is 6.78. The summed E-state index contributed by atoms with van der Waals surface area (Å²) in [5.41, 5.74) is -0.204. The summed E-state index contributed by atoms with van der Waals surface area (Å²) in [5.74, 6) is -2.20. The first-order chi connectivity index (χ1) is 12.3. The second-order valence-corrected chi connectivity index (χ2v) is 6.95. The van der Waals surface area contributed by atoms with Crippen molar-refractivity contribution in [3.05, 3.63) is 35.9 Å². The number of imide groups is 1. The molecule has 4 amide bonds. The lowest BCUT2D eigenvalue weighted by atomic mass is 9.96. The molecule has 0 bridgehead atoms. The average molecular weight is 359 g/mol. The predicted octanol–water partition coefficient (Wildman–Crippen LogP) is 0.519. The maximum Gasteiger partial charge on any atom is 0.326 e. The van der Waals surface area contributed by atoms with Crippen LogP contribution in [0, 0.1) is 5.92 Å². The average Bonchev–Trinajstić information content (AvgIpc) is 3.41. The van der Waals surface area contributed by atoms with Crippen molar-refractivity contribution in [2.45, 2.75) is 37.8 Å². The second-order valence-electron chi connectivity index (χ2n) is 6.95. The van der Waals surface area contributed by atoms with Gasteiger partial charge in [0.1, 0.15) is 18.1 Å². The quantitative estimate of drug-likeness (QED) is 0.614. The molecule has 0 radical (unpaired) electrons. The van der Waals surface area contributed by atoms with Gasteiger partial charge in [-0.05, 0) is 31.2 Å². The Kier molecular flexibility index (Phi) is 4.67. The number of carboxylic acid groups (broad SMARTS) is 1. The van der Waals surface area contributed by atoms with Crippen LogP contribution in [0.1, 0.15) is 25.3 Å². The molecule has 1 aromatic carbocycles. The number of aliphatic carboxylic acids is 1. The minimum Gasteiger partial charge on any atom is -0.480 e. The molecule has 1 aromatic rings. The molecule has 26 heavy (non-hydrogen) atoms. The van der Waals surface area contributed by atoms with Crippen LogP contribution in [0.15, 0.2) is 30.3 Å². The maximum absolute atomic E-state index is 12.5. The highest BCUT2D eigenvalue weighted by Crippen LogP contribution is 2.42. The van der Waals surface area contributed by atoms with Crippen molar-refractivity contribution >= 4 is 23.8 Å². The van der Waals surface area contributed by atoms with Crippen LogP contribution in [0.3, 0.4) is 0 Å². The molecule has 2 aliphatic rings. The molecule has 2 atom stereocenters. The first-order valence-corrected chi connectivity index (χ1v) is 8.51. The fourth-order valence-corrected chi connectivity index (χ4v) is 3.23. The van der Waals surface area contributed by atoms with Crippen LogP contribution in [-0.2, 0) is 20.8 Å². The summed E-state index contributed by atoms with van der Waals surface area (Å²) in [6.07, 6.45) is 1.84. The molecule has 1 saturated carbocycles. The molecule has 1 saturated heterocycles. The van der Waals surface area contributed by atoms with Crippen molar-refractivity contribution < 1.29 is 24.3 Å². The van der Waals surface area contributed by atoms with Crippen molar-refractivity contribution in [2.24, 2.45) is 5.92 Å². The van der Waals surface area contributed by atoms with E-state index in [0.29, 0.717) is 0 Å². The maximum atomic E-state index is 12.5. The summed E-state index contributed by atoms with van der Waals surface area (Å²) in [6, 6.07) is 7.15. The fraction of sp³-hybridized carbons (Fsp3) is 0.444. The minimum absolute atomic E-state index is 0.0943. The van der Waals surface area contributed by atoms with Gasteiger partial charge in [-0.1, -0.05) is 30.3 Å². The first kappa shape index (κ1) is 17.9. The number of hydrogen-bond acceptors (Lipinski definition) is 4. The molecule has 0 unspecified atom stereocenters. The van der Waals surface area contributed by atoms with Crippen molar-refractivity contribution in [3.8, 4) is 0 Å². The van der Waals surface area contributed by atoms with E-state index in [4.69, 9.17) is 0 Å². The summed E-state index contributed by atoms with van der Waals surface area (Å²) in [5, 5.41) is 14.4. The van der Waals surface area contributed by atoms with Gasteiger partial charge in [-0.25, -0.2) is 9.59 Å². The number of benzene rings is 1. The van der Waals surface area contributed by atoms with E-state index in [0.717, 1.165) is 23.3 Å². The van der Waals surface area contributed by atoms with Crippen molar-refractivity contribution in [2.75, 3.05) is 6.54 Å². The van der Waals surface area contributed by atoms with Gasteiger partial charge in [-0.2, -0.15) is 0 Å². The summed E-state index contributed by atoms with van der Waals surface area (Å²) in [7, 11) is 0. The lowest BCUT2D eigenvalue weighted by molar-refractivity contribution is -0.142. The number of nitrogens with one attached hydrogen (secondary N) is 2. The van der Waals surface area contributed by atoms with Crippen LogP contribution >= 0.6 is 0 Å². The van der Waals surface area contributed by atoms with Gasteiger partial charge in [0.15, 0.2) is 0 Å². The third-order valence-corrected chi connectivity index (χ3v) is 4.91. The lowest BCUT2D eigenvalue weighted by Crippen LogP contribution is -2.49. The highest BCUT2D eigenvalue weighted by molar-refractivity contribution is 6.09. The van der Waals surface area contributed by atoms with Crippen molar-refractivity contribution in [1.82, 2.24) is 15.5 Å². The highest BCUT2D eigenvalue weighted by Gasteiger charge is 2.56. The summed E-state index contributed by atoms with van der Waals surface area (Å²) in [4.78, 5) is 49.1. The Labute approximate surface area is 150 Å². The van der Waals surface area contributed by atoms with E-state index < -0.39 is 41.9 Å². The van der Waals surface area contributed by atoms with Crippen LogP contribution in [0.5, 0.6) is 0 Å². The number of nitrogens with zero attached hydrogens (tertiary/aromatic N) is 1. The van der Waals surface area contributed by atoms with E-state index >= 15 is 0 Å². The Morgan fingerprint density at radius 1 is 1.31 bits per heavy atom. The number of carbonyl (C=O) groups excluding carboxylic acids is 3. The van der Waals surface area contributed by atoms with Gasteiger partial charge in [0.2, 0.25) is 5.91 Å². The lowest BCUT2D eigenvalue weighted by Gasteiger charge is -2.21. The number of hydrogen-bond donors (Lipinski definition) is 3. The Bertz CT molecular complexity index is 746. The highest BCUT2D eigenvalue weighted by atomic mass is 16.4. The van der Waals surface area contributed by atoms with Crippen molar-refractivity contribution in [1.29, 1.82) is 0 Å². The zero-order valence-corrected chi connectivity index (χ0v) is 14.4. The number of amides is 4. The van der Waals surface area contributed by atoms with E-state index in [1.807, 2.05) is 6.07 Å². The molecule has 3 rings (SSSR count). The molecule has 3 N–H and O–H groups in total. The normalized spacial score (nSPS) is 23.5. The molecule has 0 aromatic heterocycles. The molecular formula is C18H21N3O5. The third-order valence-electron chi connectivity index (χ3n) is 4.91. The zero-order valence-electron chi connectivity index (χ0n) is 14.4. The molecule has 2 fully saturated rings. The standard InChI is InChI=1S/C18H21N3O5/c1-18(12-7-8-12)16(25)21(17(26)20-18)10-14(22)19-13(15(23)24)9-11-5-3-2-4-6-11/h2-6,12-13H,7-10H2,1H3,(H,19,22)(H,20,26)(H,23,24)/t13-,18+/m0/s1. The van der Waals surface area contributed by atoms with E-state index in [-0.39, 0.29) is 12.3 Å². The molecular weight excluding hydrogens is 338 g/mol. The Hall–Kier alpha value is -2.90. The summed E-state index contributed by atoms with van der Waals surface area (Å²) < 4.78 is 0. The largest absolute Gasteiger partial charge is 0.480 e. The molecule has 1 heterocycles. The van der Waals surface area contributed by atoms with Gasteiger partial charge >= 0.3 is 12.0 Å². The van der Waals surface area contributed by atoms with E-state index in [1.165, 1.54) is 0 Å². The molecule has 8 heteroatoms. The fourth-order valence-electron chi connectivity index (χ4n) is 3.23. The van der Waals surface area contributed by atoms with Gasteiger partial charge in [-0.15, -0.1) is 0 Å². The van der Waals surface area contributed by atoms with Gasteiger partial charge in [0.05, 0.1) is 0 Å². The molecule has 1 aliphatic carbocycles. The Balaban J connectivity index is 1.62. The Morgan fingerprint density at radius 2 is 1.96 bits per heavy atom. The molecule has 0 spiro atoms. The molecule has 1 aliphatic heterocycles. The van der Waals surface area contributed by atoms with Gasteiger partial charge in [0, 0.05) is 6.42 Å². The number of carbonyl (C=O) groups is 4. The van der Waals surface area contributed by atoms with Crippen molar-refractivity contribution in [3.63, 3.8) is 0 Å². The SMILES string of the molecule is C[C@]1(C2CC2)NC(=O)N(CC(=O)N[C@@H](Cc2ccccc2)C(=O)O)C1=O. The predicted molar refractivity (Wildman–Crippen MR) is 91.1 cm³/mol. The molecule has 8 nitrogen and oxygen atoms in total. The van der Waals surface area contributed by atoms with Crippen LogP contribution < -0.4 is 10.6 Å². The third kappa shape index (κ3) is 3.54. The van der Waals surface area contributed by atoms with Gasteiger partial charge in [0.25, 0.3) is 5.91 Å². The van der Waals surface area contributed by atoms with E-state index in [2.05, 4.69) is 10.6 Å². The summed E-state index contributed by atoms with van der Waals surface area (Å²) in [6.45, 7) is 1.17. The van der Waals surface area contributed by atoms with Crippen LogP contribution in [0.4, 0.5) is 4.79 Å². The zero-order chi connectivity index (χ0) is 18.9. The number of urea groups is 1. The summed E-state index contributed by atoms with van der Waals surface area (Å²) >= 11 is 0. The van der Waals surface area contributed by atoms with Crippen LogP contribution in [-0.4, -0.2) is 51.9 Å². The van der Waals surface area contributed by atoms with Crippen LogP contribution in [0.25, 0.3) is 0 Å². The smallest absolute Gasteiger partial charge is 0.326 e. The Morgan fingerprint density at radius 3 is 2.54 bits per heavy atom. The first-order valence-electron chi connectivity index (χ1n) is 8.51. The molecule has 138 valence electrons. The van der Waals surface area contributed by atoms with E-state index in [9.17, 15) is 24.3 Å². The minimum atomic E-state index is -1.18. The number of rotatable bonds is 7. The topological polar surface area (TPSA) is 116 Å². The van der Waals surface area contributed by atoms with Gasteiger partial charge < -0.3 is 15.7 Å². The van der Waals surface area contributed by atoms with E-state index in [1.54, 1.807) is 31.2 Å². The monoisotopic (exact) mass is 359 g/mol. The van der Waals surface area contributed by atoms with Gasteiger partial charge in [-0.3, -0.25) is 14.5 Å². The van der Waals surface area contributed by atoms with Crippen LogP contribution in [0.2, 0.25) is 0 Å².